The van der Waals surface area contributed by atoms with Gasteiger partial charge in [0.1, 0.15) is 0 Å². The third-order valence-electron chi connectivity index (χ3n) is 3.44. The Morgan fingerprint density at radius 2 is 1.80 bits per heavy atom. The van der Waals surface area contributed by atoms with Crippen LogP contribution in [0.25, 0.3) is 17.7 Å². The van der Waals surface area contributed by atoms with E-state index >= 15 is 0 Å². The van der Waals surface area contributed by atoms with Gasteiger partial charge in [-0.05, 0) is 12.1 Å². The SMILES string of the molecule is COc1ccc(/C=C/c2c(Cl)cncc2Cl)c2cc(C(F)(F)F)nn12. The molecule has 0 N–H and O–H groups in total. The van der Waals surface area contributed by atoms with Crippen LogP contribution in [0.3, 0.4) is 0 Å². The Morgan fingerprint density at radius 1 is 1.12 bits per heavy atom. The molecule has 0 saturated carbocycles. The maximum atomic E-state index is 13.0. The van der Waals surface area contributed by atoms with Crippen LogP contribution in [-0.2, 0) is 6.18 Å². The Balaban J connectivity index is 2.14. The van der Waals surface area contributed by atoms with Gasteiger partial charge in [-0.15, -0.1) is 0 Å². The summed E-state index contributed by atoms with van der Waals surface area (Å²) < 4.78 is 45.1. The number of hydrogen-bond acceptors (Lipinski definition) is 3. The van der Waals surface area contributed by atoms with Gasteiger partial charge in [0.15, 0.2) is 5.69 Å². The van der Waals surface area contributed by atoms with Crippen molar-refractivity contribution in [3.63, 3.8) is 0 Å². The smallest absolute Gasteiger partial charge is 0.435 e. The second kappa shape index (κ2) is 6.57. The standard InChI is InChI=1S/C16H10Cl2F3N3O/c1-25-15-5-3-9(2-4-10-11(17)7-22-8-12(10)18)13-6-14(16(19,20)21)23-24(13)15/h2-8H,1H3/b4-2+. The van der Waals surface area contributed by atoms with Crippen molar-refractivity contribution in [2.45, 2.75) is 6.18 Å². The lowest BCUT2D eigenvalue weighted by Crippen LogP contribution is -2.06. The summed E-state index contributed by atoms with van der Waals surface area (Å²) in [6.45, 7) is 0. The molecule has 0 aromatic carbocycles. The number of alkyl halides is 3. The molecule has 0 bridgehead atoms. The molecule has 3 rings (SSSR count). The fourth-order valence-corrected chi connectivity index (χ4v) is 2.75. The summed E-state index contributed by atoms with van der Waals surface area (Å²) in [5.41, 5.74) is 0.242. The summed E-state index contributed by atoms with van der Waals surface area (Å²) >= 11 is 12.1. The minimum Gasteiger partial charge on any atom is -0.481 e. The Kier molecular flexibility index (Phi) is 4.62. The molecule has 0 spiro atoms. The van der Waals surface area contributed by atoms with E-state index in [9.17, 15) is 13.2 Å². The summed E-state index contributed by atoms with van der Waals surface area (Å²) in [5.74, 6) is 0.183. The topological polar surface area (TPSA) is 39.4 Å². The van der Waals surface area contributed by atoms with E-state index in [2.05, 4.69) is 10.1 Å². The van der Waals surface area contributed by atoms with Crippen LogP contribution in [0.4, 0.5) is 13.2 Å². The zero-order chi connectivity index (χ0) is 18.2. The van der Waals surface area contributed by atoms with Gasteiger partial charge in [0.25, 0.3) is 0 Å². The highest BCUT2D eigenvalue weighted by Crippen LogP contribution is 2.32. The van der Waals surface area contributed by atoms with Crippen molar-refractivity contribution in [2.75, 3.05) is 7.11 Å². The number of rotatable bonds is 3. The van der Waals surface area contributed by atoms with Crippen molar-refractivity contribution >= 4 is 40.9 Å². The van der Waals surface area contributed by atoms with E-state index in [4.69, 9.17) is 27.9 Å². The third kappa shape index (κ3) is 3.43. The highest BCUT2D eigenvalue weighted by molar-refractivity contribution is 6.37. The van der Waals surface area contributed by atoms with E-state index in [1.54, 1.807) is 18.2 Å². The molecule has 0 unspecified atom stereocenters. The maximum absolute atomic E-state index is 13.0. The minimum absolute atomic E-state index is 0.183. The van der Waals surface area contributed by atoms with E-state index < -0.39 is 11.9 Å². The number of pyridine rings is 2. The van der Waals surface area contributed by atoms with Crippen molar-refractivity contribution in [1.82, 2.24) is 14.6 Å². The first-order valence-electron chi connectivity index (χ1n) is 6.92. The molecule has 0 saturated heterocycles. The first kappa shape index (κ1) is 17.6. The molecule has 0 fully saturated rings. The summed E-state index contributed by atoms with van der Waals surface area (Å²) in [4.78, 5) is 3.85. The number of ether oxygens (including phenoxy) is 1. The van der Waals surface area contributed by atoms with E-state index in [0.29, 0.717) is 21.2 Å². The molecule has 0 atom stereocenters. The Morgan fingerprint density at radius 3 is 2.40 bits per heavy atom. The molecule has 130 valence electrons. The second-order valence-electron chi connectivity index (χ2n) is 5.01. The number of hydrogen-bond donors (Lipinski definition) is 0. The van der Waals surface area contributed by atoms with E-state index in [1.807, 2.05) is 0 Å². The van der Waals surface area contributed by atoms with E-state index in [0.717, 1.165) is 10.6 Å². The molecule has 0 amide bonds. The van der Waals surface area contributed by atoms with Gasteiger partial charge in [-0.1, -0.05) is 35.4 Å². The van der Waals surface area contributed by atoms with Gasteiger partial charge >= 0.3 is 6.18 Å². The molecule has 3 aromatic heterocycles. The predicted octanol–water partition coefficient (Wildman–Crippen LogP) is 5.23. The third-order valence-corrected chi connectivity index (χ3v) is 4.04. The molecule has 25 heavy (non-hydrogen) atoms. The van der Waals surface area contributed by atoms with Crippen LogP contribution in [0.2, 0.25) is 10.0 Å². The molecular weight excluding hydrogens is 378 g/mol. The fourth-order valence-electron chi connectivity index (χ4n) is 2.26. The fraction of sp³-hybridized carbons (Fsp3) is 0.125. The maximum Gasteiger partial charge on any atom is 0.435 e. The second-order valence-corrected chi connectivity index (χ2v) is 5.82. The average molecular weight is 388 g/mol. The van der Waals surface area contributed by atoms with E-state index in [1.165, 1.54) is 25.6 Å². The number of fused-ring (bicyclic) bond motifs is 1. The van der Waals surface area contributed by atoms with Crippen LogP contribution >= 0.6 is 23.2 Å². The zero-order valence-corrected chi connectivity index (χ0v) is 14.2. The quantitative estimate of drug-likeness (QED) is 0.617. The molecule has 0 aliphatic heterocycles. The van der Waals surface area contributed by atoms with Crippen molar-refractivity contribution < 1.29 is 17.9 Å². The van der Waals surface area contributed by atoms with Crippen molar-refractivity contribution in [3.8, 4) is 5.88 Å². The first-order valence-corrected chi connectivity index (χ1v) is 7.68. The summed E-state index contributed by atoms with van der Waals surface area (Å²) in [6, 6.07) is 4.10. The van der Waals surface area contributed by atoms with Gasteiger partial charge in [0.2, 0.25) is 5.88 Å². The van der Waals surface area contributed by atoms with Crippen LogP contribution in [0.15, 0.2) is 30.6 Å². The monoisotopic (exact) mass is 387 g/mol. The Labute approximate surface area is 150 Å². The molecule has 0 aliphatic rings. The molecular formula is C16H10Cl2F3N3O. The van der Waals surface area contributed by atoms with Gasteiger partial charge in [-0.3, -0.25) is 4.98 Å². The Bertz CT molecular complexity index is 947. The van der Waals surface area contributed by atoms with Crippen LogP contribution in [0, 0.1) is 0 Å². The van der Waals surface area contributed by atoms with E-state index in [-0.39, 0.29) is 11.4 Å². The summed E-state index contributed by atoms with van der Waals surface area (Å²) in [6.07, 6.45) is 1.50. The molecule has 4 nitrogen and oxygen atoms in total. The molecule has 3 heterocycles. The lowest BCUT2D eigenvalue weighted by molar-refractivity contribution is -0.141. The van der Waals surface area contributed by atoms with Gasteiger partial charge in [0.05, 0.1) is 22.7 Å². The minimum atomic E-state index is -4.56. The lowest BCUT2D eigenvalue weighted by Gasteiger charge is -2.05. The normalized spacial score (nSPS) is 12.2. The number of methoxy groups -OCH3 is 1. The molecule has 9 heteroatoms. The van der Waals surface area contributed by atoms with Crippen LogP contribution in [-0.4, -0.2) is 21.7 Å². The summed E-state index contributed by atoms with van der Waals surface area (Å²) in [7, 11) is 1.36. The van der Waals surface area contributed by atoms with Gasteiger partial charge in [-0.2, -0.15) is 22.8 Å². The van der Waals surface area contributed by atoms with Gasteiger partial charge in [-0.25, -0.2) is 0 Å². The van der Waals surface area contributed by atoms with Crippen molar-refractivity contribution in [3.05, 3.63) is 57.5 Å². The van der Waals surface area contributed by atoms with Crippen LogP contribution < -0.4 is 4.74 Å². The van der Waals surface area contributed by atoms with Gasteiger partial charge < -0.3 is 4.74 Å². The Hall–Kier alpha value is -2.25. The highest BCUT2D eigenvalue weighted by atomic mass is 35.5. The molecule has 0 aliphatic carbocycles. The van der Waals surface area contributed by atoms with Crippen LogP contribution in [0.1, 0.15) is 16.8 Å². The number of aromatic nitrogens is 3. The largest absolute Gasteiger partial charge is 0.481 e. The first-order chi connectivity index (χ1) is 11.8. The lowest BCUT2D eigenvalue weighted by atomic mass is 10.1. The number of halogens is 5. The number of nitrogens with zero attached hydrogens (tertiary/aromatic N) is 3. The average Bonchev–Trinajstić information content (AvgIpc) is 3.00. The van der Waals surface area contributed by atoms with Crippen molar-refractivity contribution in [2.24, 2.45) is 0 Å². The molecule has 0 radical (unpaired) electrons. The highest BCUT2D eigenvalue weighted by Gasteiger charge is 2.34. The predicted molar refractivity (Wildman–Crippen MR) is 89.9 cm³/mol. The molecule has 3 aromatic rings. The van der Waals surface area contributed by atoms with Gasteiger partial charge in [0, 0.05) is 29.6 Å². The van der Waals surface area contributed by atoms with Crippen molar-refractivity contribution in [1.29, 1.82) is 0 Å². The zero-order valence-electron chi connectivity index (χ0n) is 12.7. The van der Waals surface area contributed by atoms with Crippen LogP contribution in [0.5, 0.6) is 5.88 Å². The summed E-state index contributed by atoms with van der Waals surface area (Å²) in [5, 5.41) is 4.24.